The van der Waals surface area contributed by atoms with Gasteiger partial charge in [0.25, 0.3) is 11.8 Å². The summed E-state index contributed by atoms with van der Waals surface area (Å²) in [5.74, 6) is -0.353. The van der Waals surface area contributed by atoms with Crippen LogP contribution in [0, 0.1) is 0 Å². The van der Waals surface area contributed by atoms with Crippen LogP contribution in [0.1, 0.15) is 36.5 Å². The summed E-state index contributed by atoms with van der Waals surface area (Å²) in [5, 5.41) is 5.60. The average molecular weight is 276 g/mol. The van der Waals surface area contributed by atoms with Crippen LogP contribution in [0.4, 0.5) is 5.69 Å². The number of para-hydroxylation sites is 1. The summed E-state index contributed by atoms with van der Waals surface area (Å²) in [6.07, 6.45) is 2.10. The fraction of sp³-hybridized carbons (Fsp3) is 0.467. The Bertz CT molecular complexity index is 482. The standard InChI is InChI=1S/C15H20N2O3/c1-2-9-16-14(18)11-6-3-4-7-12(11)17-15(19)13-8-5-10-20-13/h3-4,6-7,13H,2,5,8-10H2,1H3,(H,16,18)(H,17,19). The van der Waals surface area contributed by atoms with E-state index in [1.54, 1.807) is 24.3 Å². The van der Waals surface area contributed by atoms with Gasteiger partial charge in [0.15, 0.2) is 0 Å². The second-order valence-electron chi connectivity index (χ2n) is 4.79. The zero-order chi connectivity index (χ0) is 14.4. The maximum Gasteiger partial charge on any atom is 0.253 e. The molecular formula is C15H20N2O3. The highest BCUT2D eigenvalue weighted by Crippen LogP contribution is 2.18. The first kappa shape index (κ1) is 14.5. The Morgan fingerprint density at radius 2 is 2.15 bits per heavy atom. The number of carbonyl (C=O) groups excluding carboxylic acids is 2. The number of anilines is 1. The van der Waals surface area contributed by atoms with Crippen LogP contribution >= 0.6 is 0 Å². The maximum atomic E-state index is 12.0. The van der Waals surface area contributed by atoms with Gasteiger partial charge in [-0.25, -0.2) is 0 Å². The summed E-state index contributed by atoms with van der Waals surface area (Å²) < 4.78 is 5.34. The molecule has 0 spiro atoms. The number of hydrogen-bond acceptors (Lipinski definition) is 3. The Hall–Kier alpha value is -1.88. The van der Waals surface area contributed by atoms with Crippen molar-refractivity contribution in [1.82, 2.24) is 5.32 Å². The molecule has 2 amide bonds. The first-order chi connectivity index (χ1) is 9.72. The van der Waals surface area contributed by atoms with Crippen LogP contribution in [0.25, 0.3) is 0 Å². The lowest BCUT2D eigenvalue weighted by molar-refractivity contribution is -0.124. The van der Waals surface area contributed by atoms with Crippen LogP contribution in [0.2, 0.25) is 0 Å². The molecule has 1 saturated heterocycles. The van der Waals surface area contributed by atoms with Crippen LogP contribution in [-0.4, -0.2) is 31.1 Å². The van der Waals surface area contributed by atoms with Crippen LogP contribution in [0.3, 0.4) is 0 Å². The Labute approximate surface area is 118 Å². The minimum absolute atomic E-state index is 0.171. The molecule has 1 unspecified atom stereocenters. The van der Waals surface area contributed by atoms with Gasteiger partial charge in [-0.15, -0.1) is 0 Å². The molecule has 0 bridgehead atoms. The molecular weight excluding hydrogens is 256 g/mol. The van der Waals surface area contributed by atoms with Gasteiger partial charge in [-0.05, 0) is 31.4 Å². The molecule has 2 rings (SSSR count). The third-order valence-electron chi connectivity index (χ3n) is 3.19. The van der Waals surface area contributed by atoms with E-state index in [2.05, 4.69) is 10.6 Å². The van der Waals surface area contributed by atoms with Gasteiger partial charge in [-0.3, -0.25) is 9.59 Å². The molecule has 1 heterocycles. The van der Waals surface area contributed by atoms with Crippen molar-refractivity contribution in [2.75, 3.05) is 18.5 Å². The van der Waals surface area contributed by atoms with Gasteiger partial charge in [0.2, 0.25) is 0 Å². The summed E-state index contributed by atoms with van der Waals surface area (Å²) in [4.78, 5) is 24.1. The maximum absolute atomic E-state index is 12.0. The monoisotopic (exact) mass is 276 g/mol. The second-order valence-corrected chi connectivity index (χ2v) is 4.79. The van der Waals surface area contributed by atoms with Gasteiger partial charge in [0, 0.05) is 13.2 Å². The first-order valence-electron chi connectivity index (χ1n) is 7.02. The summed E-state index contributed by atoms with van der Waals surface area (Å²) in [7, 11) is 0. The molecule has 2 N–H and O–H groups in total. The van der Waals surface area contributed by atoms with Crippen LogP contribution in [0.5, 0.6) is 0 Å². The largest absolute Gasteiger partial charge is 0.368 e. The Kier molecular flexibility index (Phi) is 5.12. The van der Waals surface area contributed by atoms with E-state index in [1.807, 2.05) is 6.92 Å². The summed E-state index contributed by atoms with van der Waals surface area (Å²) >= 11 is 0. The van der Waals surface area contributed by atoms with E-state index >= 15 is 0 Å². The molecule has 1 fully saturated rings. The molecule has 0 aliphatic carbocycles. The van der Waals surface area contributed by atoms with Gasteiger partial charge < -0.3 is 15.4 Å². The van der Waals surface area contributed by atoms with Gasteiger partial charge >= 0.3 is 0 Å². The van der Waals surface area contributed by atoms with Gasteiger partial charge in [0.05, 0.1) is 11.3 Å². The number of carbonyl (C=O) groups is 2. The molecule has 0 aromatic heterocycles. The van der Waals surface area contributed by atoms with Crippen LogP contribution in [-0.2, 0) is 9.53 Å². The third-order valence-corrected chi connectivity index (χ3v) is 3.19. The topological polar surface area (TPSA) is 67.4 Å². The van der Waals surface area contributed by atoms with Crippen molar-refractivity contribution in [3.63, 3.8) is 0 Å². The van der Waals surface area contributed by atoms with Gasteiger partial charge in [0.1, 0.15) is 6.10 Å². The van der Waals surface area contributed by atoms with E-state index in [4.69, 9.17) is 4.74 Å². The summed E-state index contributed by atoms with van der Waals surface area (Å²) in [6, 6.07) is 7.01. The Morgan fingerprint density at radius 1 is 1.35 bits per heavy atom. The molecule has 1 aliphatic heterocycles. The number of rotatable bonds is 5. The molecule has 1 aliphatic rings. The molecule has 5 heteroatoms. The molecule has 1 aromatic carbocycles. The highest BCUT2D eigenvalue weighted by Gasteiger charge is 2.24. The lowest BCUT2D eigenvalue weighted by Crippen LogP contribution is -2.29. The molecule has 5 nitrogen and oxygen atoms in total. The smallest absolute Gasteiger partial charge is 0.253 e. The number of benzene rings is 1. The molecule has 20 heavy (non-hydrogen) atoms. The van der Waals surface area contributed by atoms with E-state index in [1.165, 1.54) is 0 Å². The first-order valence-corrected chi connectivity index (χ1v) is 7.02. The lowest BCUT2D eigenvalue weighted by atomic mass is 10.1. The van der Waals surface area contributed by atoms with E-state index in [-0.39, 0.29) is 11.8 Å². The minimum Gasteiger partial charge on any atom is -0.368 e. The Balaban J connectivity index is 2.07. The van der Waals surface area contributed by atoms with Crippen molar-refractivity contribution in [3.05, 3.63) is 29.8 Å². The average Bonchev–Trinajstić information content (AvgIpc) is 2.99. The quantitative estimate of drug-likeness (QED) is 0.863. The SMILES string of the molecule is CCCNC(=O)c1ccccc1NC(=O)C1CCCO1. The highest BCUT2D eigenvalue weighted by atomic mass is 16.5. The molecule has 1 atom stereocenters. The number of amides is 2. The highest BCUT2D eigenvalue weighted by molar-refractivity contribution is 6.04. The summed E-state index contributed by atoms with van der Waals surface area (Å²) in [6.45, 7) is 3.23. The van der Waals surface area contributed by atoms with E-state index in [9.17, 15) is 9.59 Å². The molecule has 108 valence electrons. The van der Waals surface area contributed by atoms with Crippen molar-refractivity contribution in [3.8, 4) is 0 Å². The summed E-state index contributed by atoms with van der Waals surface area (Å²) in [5.41, 5.74) is 1.01. The fourth-order valence-electron chi connectivity index (χ4n) is 2.12. The number of nitrogens with one attached hydrogen (secondary N) is 2. The van der Waals surface area contributed by atoms with E-state index in [0.29, 0.717) is 24.4 Å². The van der Waals surface area contributed by atoms with Crippen molar-refractivity contribution >= 4 is 17.5 Å². The normalized spacial score (nSPS) is 17.8. The molecule has 0 saturated carbocycles. The van der Waals surface area contributed by atoms with Crippen LogP contribution < -0.4 is 10.6 Å². The second kappa shape index (κ2) is 7.05. The molecule has 0 radical (unpaired) electrons. The number of hydrogen-bond donors (Lipinski definition) is 2. The predicted molar refractivity (Wildman–Crippen MR) is 76.7 cm³/mol. The van der Waals surface area contributed by atoms with Gasteiger partial charge in [-0.2, -0.15) is 0 Å². The van der Waals surface area contributed by atoms with Crippen molar-refractivity contribution in [2.45, 2.75) is 32.3 Å². The van der Waals surface area contributed by atoms with E-state index in [0.717, 1.165) is 19.3 Å². The molecule has 1 aromatic rings. The van der Waals surface area contributed by atoms with Crippen LogP contribution in [0.15, 0.2) is 24.3 Å². The van der Waals surface area contributed by atoms with Gasteiger partial charge in [-0.1, -0.05) is 19.1 Å². The predicted octanol–water partition coefficient (Wildman–Crippen LogP) is 1.94. The zero-order valence-corrected chi connectivity index (χ0v) is 11.6. The lowest BCUT2D eigenvalue weighted by Gasteiger charge is -2.13. The van der Waals surface area contributed by atoms with Crippen molar-refractivity contribution in [1.29, 1.82) is 0 Å². The van der Waals surface area contributed by atoms with Crippen molar-refractivity contribution < 1.29 is 14.3 Å². The minimum atomic E-state index is -0.401. The fourth-order valence-corrected chi connectivity index (χ4v) is 2.12. The van der Waals surface area contributed by atoms with E-state index < -0.39 is 6.10 Å². The number of ether oxygens (including phenoxy) is 1. The van der Waals surface area contributed by atoms with Crippen molar-refractivity contribution in [2.24, 2.45) is 0 Å². The Morgan fingerprint density at radius 3 is 2.85 bits per heavy atom. The third kappa shape index (κ3) is 3.57. The zero-order valence-electron chi connectivity index (χ0n) is 11.6.